The number of thioether (sulfide) groups is 1. The molecule has 1 spiro atoms. The molecule has 170 valence electrons. The van der Waals surface area contributed by atoms with Gasteiger partial charge in [-0.3, -0.25) is 14.4 Å². The maximum Gasteiger partial charge on any atom is 0.310 e. The largest absolute Gasteiger partial charge is 0.466 e. The van der Waals surface area contributed by atoms with E-state index in [4.69, 9.17) is 9.84 Å². The van der Waals surface area contributed by atoms with Crippen molar-refractivity contribution in [3.05, 3.63) is 0 Å². The van der Waals surface area contributed by atoms with Crippen molar-refractivity contribution in [3.63, 3.8) is 0 Å². The normalized spacial score (nSPS) is 34.5. The Labute approximate surface area is 191 Å². The number of aliphatic hydroxyl groups is 1. The van der Waals surface area contributed by atoms with Crippen LogP contribution in [0.3, 0.4) is 0 Å². The quantitative estimate of drug-likeness (QED) is 0.268. The number of rotatable bonds is 10. The zero-order valence-corrected chi connectivity index (χ0v) is 20.3. The number of unbranched alkanes of at least 4 members (excludes halogenated alkanes) is 3. The molecule has 2 N–H and O–H groups in total. The Kier molecular flexibility index (Phi) is 7.77. The van der Waals surface area contributed by atoms with Crippen LogP contribution in [-0.2, 0) is 19.1 Å². The number of nitrogens with one attached hydrogen (secondary N) is 1. The van der Waals surface area contributed by atoms with E-state index < -0.39 is 22.6 Å². The number of aliphatic hydroxyl groups excluding tert-OH is 1. The molecule has 0 aromatic carbocycles. The molecule has 0 radical (unpaired) electrons. The van der Waals surface area contributed by atoms with Crippen LogP contribution in [0.5, 0.6) is 0 Å². The molecular weight excluding hydrogens is 472 g/mol. The molecule has 9 heteroatoms. The van der Waals surface area contributed by atoms with Gasteiger partial charge in [0.1, 0.15) is 6.04 Å². The van der Waals surface area contributed by atoms with E-state index in [0.717, 1.165) is 25.7 Å². The van der Waals surface area contributed by atoms with Crippen LogP contribution in [0.4, 0.5) is 0 Å². The second kappa shape index (κ2) is 9.77. The first kappa shape index (κ1) is 23.9. The summed E-state index contributed by atoms with van der Waals surface area (Å²) in [6.07, 6.45) is 3.98. The number of hydrogen-bond donors (Lipinski definition) is 2. The minimum atomic E-state index is -0.600. The number of ether oxygens (including phenoxy) is 1. The molecule has 0 aromatic heterocycles. The van der Waals surface area contributed by atoms with E-state index in [1.165, 1.54) is 0 Å². The topological polar surface area (TPSA) is 95.9 Å². The van der Waals surface area contributed by atoms with Crippen molar-refractivity contribution in [2.24, 2.45) is 11.8 Å². The lowest BCUT2D eigenvalue weighted by Crippen LogP contribution is -2.55. The molecule has 3 fully saturated rings. The fourth-order valence-electron chi connectivity index (χ4n) is 5.29. The Morgan fingerprint density at radius 2 is 2.03 bits per heavy atom. The van der Waals surface area contributed by atoms with Gasteiger partial charge < -0.3 is 20.1 Å². The molecule has 3 saturated heterocycles. The smallest absolute Gasteiger partial charge is 0.310 e. The summed E-state index contributed by atoms with van der Waals surface area (Å²) in [6, 6.07) is -0.608. The molecule has 3 aliphatic rings. The Hall–Kier alpha value is -0.800. The van der Waals surface area contributed by atoms with E-state index in [1.54, 1.807) is 23.6 Å². The third-order valence-corrected chi connectivity index (χ3v) is 9.55. The van der Waals surface area contributed by atoms with Crippen molar-refractivity contribution in [3.8, 4) is 0 Å². The molecule has 2 amide bonds. The van der Waals surface area contributed by atoms with Crippen molar-refractivity contribution in [1.82, 2.24) is 10.2 Å². The highest BCUT2D eigenvalue weighted by molar-refractivity contribution is 9.09. The van der Waals surface area contributed by atoms with Crippen LogP contribution in [0.25, 0.3) is 0 Å². The predicted molar refractivity (Wildman–Crippen MR) is 119 cm³/mol. The van der Waals surface area contributed by atoms with Crippen molar-refractivity contribution >= 4 is 45.5 Å². The third-order valence-electron chi connectivity index (χ3n) is 6.33. The first-order valence-corrected chi connectivity index (χ1v) is 12.8. The SMILES string of the molecule is CCOC(=O)[C@H]1[C@H]2C(=O)N(CCCCCCO)C(C(=O)NC(C)C)C23CC(Br)[C@@H]1S3. The second-order valence-corrected chi connectivity index (χ2v) is 11.5. The van der Waals surface area contributed by atoms with E-state index in [0.29, 0.717) is 13.0 Å². The number of likely N-dealkylation sites (tertiary alicyclic amines) is 1. The molecular formula is C21H33BrN2O5S. The minimum Gasteiger partial charge on any atom is -0.466 e. The van der Waals surface area contributed by atoms with Crippen molar-refractivity contribution in [2.45, 2.75) is 79.8 Å². The van der Waals surface area contributed by atoms with E-state index in [9.17, 15) is 14.4 Å². The molecule has 7 nitrogen and oxygen atoms in total. The highest BCUT2D eigenvalue weighted by Gasteiger charge is 2.75. The fraction of sp³-hybridized carbons (Fsp3) is 0.857. The average molecular weight is 505 g/mol. The molecule has 0 aromatic rings. The van der Waals surface area contributed by atoms with Gasteiger partial charge in [-0.1, -0.05) is 28.8 Å². The Morgan fingerprint density at radius 3 is 2.67 bits per heavy atom. The van der Waals surface area contributed by atoms with Gasteiger partial charge in [-0.05, 0) is 40.0 Å². The van der Waals surface area contributed by atoms with Crippen LogP contribution in [0.15, 0.2) is 0 Å². The number of carbonyl (C=O) groups excluding carboxylic acids is 3. The molecule has 6 atom stereocenters. The summed E-state index contributed by atoms with van der Waals surface area (Å²) in [5, 5.41) is 11.9. The van der Waals surface area contributed by atoms with Crippen LogP contribution in [0, 0.1) is 11.8 Å². The van der Waals surface area contributed by atoms with Gasteiger partial charge in [-0.15, -0.1) is 11.8 Å². The van der Waals surface area contributed by atoms with Gasteiger partial charge in [0.2, 0.25) is 11.8 Å². The van der Waals surface area contributed by atoms with Crippen molar-refractivity contribution in [1.29, 1.82) is 0 Å². The van der Waals surface area contributed by atoms with E-state index in [2.05, 4.69) is 21.2 Å². The number of esters is 1. The number of fused-ring (bicyclic) bond motifs is 1. The van der Waals surface area contributed by atoms with Crippen molar-refractivity contribution < 1.29 is 24.2 Å². The molecule has 3 rings (SSSR count). The van der Waals surface area contributed by atoms with Crippen LogP contribution < -0.4 is 5.32 Å². The summed E-state index contributed by atoms with van der Waals surface area (Å²) >= 11 is 5.36. The lowest BCUT2D eigenvalue weighted by Gasteiger charge is -2.35. The third kappa shape index (κ3) is 4.13. The maximum absolute atomic E-state index is 13.6. The zero-order chi connectivity index (χ0) is 22.1. The van der Waals surface area contributed by atoms with E-state index in [-0.39, 0.29) is 47.1 Å². The van der Waals surface area contributed by atoms with Gasteiger partial charge in [0.05, 0.1) is 23.2 Å². The number of amides is 2. The van der Waals surface area contributed by atoms with Crippen LogP contribution in [-0.4, -0.2) is 74.5 Å². The predicted octanol–water partition coefficient (Wildman–Crippen LogP) is 2.09. The maximum atomic E-state index is 13.6. The summed E-state index contributed by atoms with van der Waals surface area (Å²) in [5.41, 5.74) is 0. The van der Waals surface area contributed by atoms with Crippen LogP contribution in [0.1, 0.15) is 52.9 Å². The monoisotopic (exact) mass is 504 g/mol. The Bertz CT molecular complexity index is 678. The van der Waals surface area contributed by atoms with Gasteiger partial charge in [0.15, 0.2) is 0 Å². The zero-order valence-electron chi connectivity index (χ0n) is 17.9. The highest BCUT2D eigenvalue weighted by Crippen LogP contribution is 2.67. The number of halogens is 1. The number of hydrogen-bond acceptors (Lipinski definition) is 6. The summed E-state index contributed by atoms with van der Waals surface area (Å²) in [6.45, 7) is 6.53. The van der Waals surface area contributed by atoms with E-state index in [1.807, 2.05) is 13.8 Å². The van der Waals surface area contributed by atoms with E-state index >= 15 is 0 Å². The lowest BCUT2D eigenvalue weighted by atomic mass is 9.71. The van der Waals surface area contributed by atoms with Gasteiger partial charge in [0.25, 0.3) is 0 Å². The Balaban J connectivity index is 1.89. The van der Waals surface area contributed by atoms with Gasteiger partial charge in [-0.2, -0.15) is 0 Å². The van der Waals surface area contributed by atoms with Crippen LogP contribution >= 0.6 is 27.7 Å². The molecule has 0 saturated carbocycles. The summed E-state index contributed by atoms with van der Waals surface area (Å²) < 4.78 is 4.73. The van der Waals surface area contributed by atoms with Gasteiger partial charge >= 0.3 is 5.97 Å². The molecule has 0 aliphatic carbocycles. The molecule has 3 aliphatic heterocycles. The summed E-state index contributed by atoms with van der Waals surface area (Å²) in [7, 11) is 0. The average Bonchev–Trinajstić information content (AvgIpc) is 3.25. The first-order chi connectivity index (χ1) is 14.3. The number of alkyl halides is 1. The Morgan fingerprint density at radius 1 is 1.33 bits per heavy atom. The minimum absolute atomic E-state index is 0.0290. The summed E-state index contributed by atoms with van der Waals surface area (Å²) in [5.74, 6) is -1.58. The lowest BCUT2D eigenvalue weighted by molar-refractivity contribution is -0.153. The van der Waals surface area contributed by atoms with Crippen LogP contribution in [0.2, 0.25) is 0 Å². The second-order valence-electron chi connectivity index (χ2n) is 8.75. The van der Waals surface area contributed by atoms with Crippen molar-refractivity contribution in [2.75, 3.05) is 19.8 Å². The molecule has 30 heavy (non-hydrogen) atoms. The first-order valence-electron chi connectivity index (χ1n) is 11.0. The summed E-state index contributed by atoms with van der Waals surface area (Å²) in [4.78, 5) is 41.5. The van der Waals surface area contributed by atoms with Gasteiger partial charge in [0, 0.05) is 29.3 Å². The molecule has 3 heterocycles. The number of carbonyl (C=O) groups is 3. The highest BCUT2D eigenvalue weighted by atomic mass is 79.9. The standard InChI is InChI=1S/C21H33BrN2O5S/c1-4-29-20(28)14-15-19(27)24(9-7-5-6-8-10-25)17(18(26)23-12(2)3)21(15)11-13(22)16(14)30-21/h12-17,25H,4-11H2,1-3H3,(H,23,26)/t13?,14-,15-,16-,17?,21?/m0/s1. The van der Waals surface area contributed by atoms with Gasteiger partial charge in [-0.25, -0.2) is 0 Å². The fourth-order valence-corrected chi connectivity index (χ4v) is 8.89. The molecule has 2 bridgehead atoms. The molecule has 3 unspecified atom stereocenters. The number of nitrogens with zero attached hydrogens (tertiary/aromatic N) is 1.